The van der Waals surface area contributed by atoms with Gasteiger partial charge in [-0.15, -0.1) is 11.3 Å². The van der Waals surface area contributed by atoms with Crippen LogP contribution in [0.15, 0.2) is 41.5 Å². The SMILES string of the molecule is NCCCN1C(=O)/C(=C\c2cccs2)Oc2ccc([N+](=O)[O-])cc21. The van der Waals surface area contributed by atoms with Crippen molar-refractivity contribution in [3.05, 3.63) is 56.5 Å². The average Bonchev–Trinajstić information content (AvgIpc) is 3.07. The lowest BCUT2D eigenvalue weighted by molar-refractivity contribution is -0.384. The number of benzene rings is 1. The number of ether oxygens (including phenoxy) is 1. The van der Waals surface area contributed by atoms with E-state index in [1.165, 1.54) is 34.4 Å². The number of carbonyl (C=O) groups excluding carboxylic acids is 1. The summed E-state index contributed by atoms with van der Waals surface area (Å²) in [6, 6.07) is 7.99. The van der Waals surface area contributed by atoms with Crippen molar-refractivity contribution in [1.82, 2.24) is 0 Å². The molecule has 0 aliphatic carbocycles. The predicted molar refractivity (Wildman–Crippen MR) is 92.0 cm³/mol. The van der Waals surface area contributed by atoms with E-state index in [0.717, 1.165) is 4.88 Å². The molecule has 1 aromatic heterocycles. The first-order valence-electron chi connectivity index (χ1n) is 7.33. The number of non-ortho nitro benzene ring substituents is 1. The van der Waals surface area contributed by atoms with Gasteiger partial charge in [-0.25, -0.2) is 0 Å². The Labute approximate surface area is 142 Å². The maximum Gasteiger partial charge on any atom is 0.294 e. The molecule has 0 saturated heterocycles. The minimum atomic E-state index is -0.497. The van der Waals surface area contributed by atoms with Crippen LogP contribution in [0.5, 0.6) is 5.75 Å². The van der Waals surface area contributed by atoms with E-state index in [9.17, 15) is 14.9 Å². The highest BCUT2D eigenvalue weighted by molar-refractivity contribution is 7.10. The van der Waals surface area contributed by atoms with Crippen LogP contribution < -0.4 is 15.4 Å². The van der Waals surface area contributed by atoms with E-state index in [-0.39, 0.29) is 17.4 Å². The van der Waals surface area contributed by atoms with Crippen LogP contribution in [0, 0.1) is 10.1 Å². The van der Waals surface area contributed by atoms with Crippen LogP contribution in [-0.4, -0.2) is 23.9 Å². The highest BCUT2D eigenvalue weighted by Crippen LogP contribution is 2.38. The molecule has 0 spiro atoms. The van der Waals surface area contributed by atoms with E-state index in [2.05, 4.69) is 0 Å². The van der Waals surface area contributed by atoms with Gasteiger partial charge in [-0.1, -0.05) is 6.07 Å². The van der Waals surface area contributed by atoms with Crippen molar-refractivity contribution in [3.63, 3.8) is 0 Å². The minimum absolute atomic E-state index is 0.0893. The van der Waals surface area contributed by atoms with E-state index in [4.69, 9.17) is 10.5 Å². The number of nitrogens with zero attached hydrogens (tertiary/aromatic N) is 2. The monoisotopic (exact) mass is 345 g/mol. The Hall–Kier alpha value is -2.71. The first-order valence-corrected chi connectivity index (χ1v) is 8.21. The number of anilines is 1. The third-order valence-electron chi connectivity index (χ3n) is 3.52. The summed E-state index contributed by atoms with van der Waals surface area (Å²) in [6.45, 7) is 0.785. The number of thiophene rings is 1. The number of fused-ring (bicyclic) bond motifs is 1. The van der Waals surface area contributed by atoms with Crippen molar-refractivity contribution in [1.29, 1.82) is 0 Å². The zero-order valence-electron chi connectivity index (χ0n) is 12.7. The summed E-state index contributed by atoms with van der Waals surface area (Å²) in [5.74, 6) is 0.278. The Morgan fingerprint density at radius 2 is 2.21 bits per heavy atom. The Kier molecular flexibility index (Phi) is 4.59. The summed E-state index contributed by atoms with van der Waals surface area (Å²) in [5, 5.41) is 12.9. The van der Waals surface area contributed by atoms with E-state index in [1.807, 2.05) is 17.5 Å². The second-order valence-electron chi connectivity index (χ2n) is 5.13. The summed E-state index contributed by atoms with van der Waals surface area (Å²) in [7, 11) is 0. The largest absolute Gasteiger partial charge is 0.449 e. The molecule has 7 nitrogen and oxygen atoms in total. The highest BCUT2D eigenvalue weighted by atomic mass is 32.1. The van der Waals surface area contributed by atoms with Crippen LogP contribution in [0.2, 0.25) is 0 Å². The van der Waals surface area contributed by atoms with Gasteiger partial charge in [0, 0.05) is 29.6 Å². The molecule has 0 fully saturated rings. The number of carbonyl (C=O) groups is 1. The molecule has 0 unspecified atom stereocenters. The number of amides is 1. The molecule has 0 bridgehead atoms. The average molecular weight is 345 g/mol. The molecule has 24 heavy (non-hydrogen) atoms. The van der Waals surface area contributed by atoms with Gasteiger partial charge >= 0.3 is 0 Å². The third-order valence-corrected chi connectivity index (χ3v) is 4.34. The van der Waals surface area contributed by atoms with Gasteiger partial charge in [-0.3, -0.25) is 14.9 Å². The molecule has 1 aromatic carbocycles. The van der Waals surface area contributed by atoms with Crippen molar-refractivity contribution in [2.45, 2.75) is 6.42 Å². The molecule has 0 saturated carbocycles. The van der Waals surface area contributed by atoms with Gasteiger partial charge in [0.2, 0.25) is 0 Å². The van der Waals surface area contributed by atoms with Gasteiger partial charge in [0.15, 0.2) is 11.5 Å². The molecule has 1 aliphatic heterocycles. The van der Waals surface area contributed by atoms with Gasteiger partial charge in [0.1, 0.15) is 0 Å². The van der Waals surface area contributed by atoms with Crippen LogP contribution in [0.25, 0.3) is 6.08 Å². The number of rotatable bonds is 5. The lowest BCUT2D eigenvalue weighted by atomic mass is 10.1. The lowest BCUT2D eigenvalue weighted by Gasteiger charge is -2.30. The summed E-state index contributed by atoms with van der Waals surface area (Å²) in [5.41, 5.74) is 5.85. The van der Waals surface area contributed by atoms with Crippen molar-refractivity contribution < 1.29 is 14.5 Å². The number of nitro groups is 1. The molecule has 2 heterocycles. The van der Waals surface area contributed by atoms with Crippen LogP contribution in [0.1, 0.15) is 11.3 Å². The molecule has 2 aromatic rings. The van der Waals surface area contributed by atoms with E-state index in [0.29, 0.717) is 30.9 Å². The summed E-state index contributed by atoms with van der Waals surface area (Å²) < 4.78 is 5.69. The fraction of sp³-hybridized carbons (Fsp3) is 0.188. The standard InChI is InChI=1S/C16H15N3O4S/c17-6-2-7-18-13-9-11(19(21)22)4-5-14(13)23-15(16(18)20)10-12-3-1-8-24-12/h1,3-5,8-10H,2,6-7,17H2/b15-10+. The number of hydrogen-bond acceptors (Lipinski definition) is 6. The molecule has 3 rings (SSSR count). The van der Waals surface area contributed by atoms with Crippen LogP contribution in [0.4, 0.5) is 11.4 Å². The zero-order chi connectivity index (χ0) is 17.1. The fourth-order valence-corrected chi connectivity index (χ4v) is 3.03. The van der Waals surface area contributed by atoms with Gasteiger partial charge in [-0.2, -0.15) is 0 Å². The maximum atomic E-state index is 12.7. The molecular weight excluding hydrogens is 330 g/mol. The second-order valence-corrected chi connectivity index (χ2v) is 6.11. The third kappa shape index (κ3) is 3.15. The van der Waals surface area contributed by atoms with Crippen molar-refractivity contribution in [2.75, 3.05) is 18.0 Å². The number of nitro benzene ring substituents is 1. The molecule has 124 valence electrons. The molecular formula is C16H15N3O4S. The molecule has 1 aliphatic rings. The number of nitrogens with two attached hydrogens (primary N) is 1. The molecule has 0 radical (unpaired) electrons. The maximum absolute atomic E-state index is 12.7. The first kappa shape index (κ1) is 16.2. The Morgan fingerprint density at radius 3 is 2.88 bits per heavy atom. The molecule has 8 heteroatoms. The topological polar surface area (TPSA) is 98.7 Å². The lowest BCUT2D eigenvalue weighted by Crippen LogP contribution is -2.38. The van der Waals surface area contributed by atoms with Crippen molar-refractivity contribution >= 4 is 34.7 Å². The summed E-state index contributed by atoms with van der Waals surface area (Å²) in [6.07, 6.45) is 2.26. The highest BCUT2D eigenvalue weighted by Gasteiger charge is 2.31. The molecule has 0 atom stereocenters. The van der Waals surface area contributed by atoms with E-state index in [1.54, 1.807) is 6.08 Å². The Balaban J connectivity index is 2.03. The van der Waals surface area contributed by atoms with Gasteiger partial charge in [0.25, 0.3) is 11.6 Å². The van der Waals surface area contributed by atoms with Crippen LogP contribution >= 0.6 is 11.3 Å². The van der Waals surface area contributed by atoms with E-state index < -0.39 is 4.92 Å². The van der Waals surface area contributed by atoms with Gasteiger partial charge < -0.3 is 15.4 Å². The van der Waals surface area contributed by atoms with Crippen LogP contribution in [-0.2, 0) is 4.79 Å². The fourth-order valence-electron chi connectivity index (χ4n) is 2.39. The van der Waals surface area contributed by atoms with Crippen LogP contribution in [0.3, 0.4) is 0 Å². The van der Waals surface area contributed by atoms with Crippen molar-refractivity contribution in [3.8, 4) is 5.75 Å². The summed E-state index contributed by atoms with van der Waals surface area (Å²) >= 11 is 1.49. The zero-order valence-corrected chi connectivity index (χ0v) is 13.5. The Bertz CT molecular complexity index is 802. The molecule has 2 N–H and O–H groups in total. The normalized spacial score (nSPS) is 15.3. The second kappa shape index (κ2) is 6.81. The van der Waals surface area contributed by atoms with E-state index >= 15 is 0 Å². The molecule has 1 amide bonds. The first-order chi connectivity index (χ1) is 11.6. The summed E-state index contributed by atoms with van der Waals surface area (Å²) in [4.78, 5) is 25.6. The minimum Gasteiger partial charge on any atom is -0.449 e. The Morgan fingerprint density at radius 1 is 1.38 bits per heavy atom. The smallest absolute Gasteiger partial charge is 0.294 e. The van der Waals surface area contributed by atoms with Gasteiger partial charge in [0.05, 0.1) is 10.6 Å². The quantitative estimate of drug-likeness (QED) is 0.510. The number of hydrogen-bond donors (Lipinski definition) is 1. The predicted octanol–water partition coefficient (Wildman–Crippen LogP) is 2.77. The van der Waals surface area contributed by atoms with Crippen molar-refractivity contribution in [2.24, 2.45) is 5.73 Å². The van der Waals surface area contributed by atoms with Gasteiger partial charge in [-0.05, 0) is 30.5 Å².